The number of carbonyl (C=O) groups excluding carboxylic acids is 2. The van der Waals surface area contributed by atoms with Gasteiger partial charge >= 0.3 is 5.97 Å². The molecule has 0 aliphatic rings. The molecule has 0 spiro atoms. The van der Waals surface area contributed by atoms with E-state index in [4.69, 9.17) is 18.9 Å². The summed E-state index contributed by atoms with van der Waals surface area (Å²) in [5.74, 6) is 0.506. The number of hydrogen-bond acceptors (Lipinski definition) is 6. The summed E-state index contributed by atoms with van der Waals surface area (Å²) < 4.78 is 21.0. The third-order valence-electron chi connectivity index (χ3n) is 4.53. The lowest BCUT2D eigenvalue weighted by atomic mass is 10.0. The minimum absolute atomic E-state index is 0.263. The second kappa shape index (κ2) is 9.60. The van der Waals surface area contributed by atoms with E-state index in [-0.39, 0.29) is 12.4 Å². The summed E-state index contributed by atoms with van der Waals surface area (Å²) in [6, 6.07) is 16.4. The van der Waals surface area contributed by atoms with Crippen molar-refractivity contribution in [2.45, 2.75) is 0 Å². The van der Waals surface area contributed by atoms with Gasteiger partial charge in [-0.25, -0.2) is 4.79 Å². The molecule has 0 unspecified atom stereocenters. The summed E-state index contributed by atoms with van der Waals surface area (Å²) in [5.41, 5.74) is 1.18. The standard InChI is InChI=1S/C24H22O6/c1-27-21-13-16(14-22(28-2)24(21)29-3)11-12-23(26)30-15-20(25)19-10-6-8-17-7-4-5-9-18(17)19/h4-14H,15H2,1-3H3/b12-11+. The lowest BCUT2D eigenvalue weighted by molar-refractivity contribution is -0.136. The third kappa shape index (κ3) is 4.60. The molecule has 154 valence electrons. The van der Waals surface area contributed by atoms with Crippen molar-refractivity contribution < 1.29 is 28.5 Å². The Hall–Kier alpha value is -3.80. The number of methoxy groups -OCH3 is 3. The lowest BCUT2D eigenvalue weighted by Crippen LogP contribution is -2.12. The van der Waals surface area contributed by atoms with E-state index < -0.39 is 5.97 Å². The quantitative estimate of drug-likeness (QED) is 0.315. The van der Waals surface area contributed by atoms with E-state index in [0.29, 0.717) is 28.4 Å². The van der Waals surface area contributed by atoms with Crippen LogP contribution in [-0.2, 0) is 9.53 Å². The summed E-state index contributed by atoms with van der Waals surface area (Å²) in [4.78, 5) is 24.6. The molecular weight excluding hydrogens is 384 g/mol. The van der Waals surface area contributed by atoms with Gasteiger partial charge in [0.25, 0.3) is 0 Å². The molecule has 3 aromatic carbocycles. The Morgan fingerprint density at radius 1 is 0.867 bits per heavy atom. The highest BCUT2D eigenvalue weighted by Gasteiger charge is 2.13. The van der Waals surface area contributed by atoms with Crippen LogP contribution in [0.3, 0.4) is 0 Å². The first-order chi connectivity index (χ1) is 14.6. The molecule has 6 nitrogen and oxygen atoms in total. The molecule has 0 atom stereocenters. The van der Waals surface area contributed by atoms with Gasteiger partial charge in [0.2, 0.25) is 11.5 Å². The normalized spacial score (nSPS) is 10.8. The molecule has 0 fully saturated rings. The molecule has 0 bridgehead atoms. The van der Waals surface area contributed by atoms with Crippen molar-refractivity contribution in [1.82, 2.24) is 0 Å². The fourth-order valence-corrected chi connectivity index (χ4v) is 3.09. The van der Waals surface area contributed by atoms with Gasteiger partial charge < -0.3 is 18.9 Å². The highest BCUT2D eigenvalue weighted by Crippen LogP contribution is 2.38. The molecule has 6 heteroatoms. The molecule has 0 amide bonds. The number of benzene rings is 3. The van der Waals surface area contributed by atoms with Crippen molar-refractivity contribution >= 4 is 28.6 Å². The molecule has 3 aromatic rings. The minimum Gasteiger partial charge on any atom is -0.493 e. The largest absolute Gasteiger partial charge is 0.493 e. The molecular formula is C24H22O6. The van der Waals surface area contributed by atoms with E-state index in [2.05, 4.69) is 0 Å². The predicted molar refractivity (Wildman–Crippen MR) is 114 cm³/mol. The number of rotatable bonds is 8. The monoisotopic (exact) mass is 406 g/mol. The molecule has 0 N–H and O–H groups in total. The smallest absolute Gasteiger partial charge is 0.331 e. The zero-order valence-corrected chi connectivity index (χ0v) is 17.0. The Balaban J connectivity index is 1.68. The summed E-state index contributed by atoms with van der Waals surface area (Å²) in [5, 5.41) is 1.78. The van der Waals surface area contributed by atoms with E-state index in [1.807, 2.05) is 36.4 Å². The number of ketones is 1. The zero-order valence-electron chi connectivity index (χ0n) is 17.0. The maximum atomic E-state index is 12.5. The van der Waals surface area contributed by atoms with Crippen molar-refractivity contribution in [2.24, 2.45) is 0 Å². The van der Waals surface area contributed by atoms with E-state index in [0.717, 1.165) is 10.8 Å². The summed E-state index contributed by atoms with van der Waals surface area (Å²) in [7, 11) is 4.54. The molecule has 30 heavy (non-hydrogen) atoms. The highest BCUT2D eigenvalue weighted by atomic mass is 16.5. The lowest BCUT2D eigenvalue weighted by Gasteiger charge is -2.12. The van der Waals surface area contributed by atoms with E-state index in [1.165, 1.54) is 27.4 Å². The van der Waals surface area contributed by atoms with Crippen molar-refractivity contribution in [3.05, 3.63) is 71.8 Å². The van der Waals surface area contributed by atoms with Crippen LogP contribution in [0.5, 0.6) is 17.2 Å². The third-order valence-corrected chi connectivity index (χ3v) is 4.53. The number of esters is 1. The molecule has 0 aromatic heterocycles. The van der Waals surface area contributed by atoms with Crippen LogP contribution in [-0.4, -0.2) is 39.7 Å². The van der Waals surface area contributed by atoms with Crippen LogP contribution in [0.4, 0.5) is 0 Å². The van der Waals surface area contributed by atoms with Crippen molar-refractivity contribution in [3.63, 3.8) is 0 Å². The molecule has 0 radical (unpaired) electrons. The minimum atomic E-state index is -0.627. The fourth-order valence-electron chi connectivity index (χ4n) is 3.09. The van der Waals surface area contributed by atoms with Crippen LogP contribution < -0.4 is 14.2 Å². The first kappa shape index (κ1) is 20.9. The molecule has 3 rings (SSSR count). The number of carbonyl (C=O) groups is 2. The van der Waals surface area contributed by atoms with Crippen molar-refractivity contribution in [1.29, 1.82) is 0 Å². The van der Waals surface area contributed by atoms with Gasteiger partial charge in [-0.2, -0.15) is 0 Å². The van der Waals surface area contributed by atoms with Gasteiger partial charge in [0, 0.05) is 11.6 Å². The molecule has 0 saturated heterocycles. The number of fused-ring (bicyclic) bond motifs is 1. The van der Waals surface area contributed by atoms with Crippen molar-refractivity contribution in [2.75, 3.05) is 27.9 Å². The Morgan fingerprint density at radius 2 is 1.53 bits per heavy atom. The number of ether oxygens (including phenoxy) is 4. The first-order valence-electron chi connectivity index (χ1n) is 9.23. The summed E-state index contributed by atoms with van der Waals surface area (Å²) >= 11 is 0. The van der Waals surface area contributed by atoms with Gasteiger partial charge in [0.05, 0.1) is 21.3 Å². The molecule has 0 aliphatic carbocycles. The summed E-state index contributed by atoms with van der Waals surface area (Å²) in [6.45, 7) is -0.341. The van der Waals surface area contributed by atoms with Gasteiger partial charge in [-0.05, 0) is 34.5 Å². The van der Waals surface area contributed by atoms with E-state index >= 15 is 0 Å². The van der Waals surface area contributed by atoms with Gasteiger partial charge in [0.1, 0.15) is 0 Å². The van der Waals surface area contributed by atoms with Gasteiger partial charge in [-0.3, -0.25) is 4.79 Å². The second-order valence-electron chi connectivity index (χ2n) is 6.35. The number of Topliss-reactive ketones (excluding diaryl/α,β-unsaturated/α-hetero) is 1. The Bertz CT molecular complexity index is 1070. The first-order valence-corrected chi connectivity index (χ1v) is 9.23. The fraction of sp³-hybridized carbons (Fsp3) is 0.167. The average molecular weight is 406 g/mol. The van der Waals surface area contributed by atoms with Gasteiger partial charge in [-0.15, -0.1) is 0 Å². The topological polar surface area (TPSA) is 71.1 Å². The Labute approximate surface area is 174 Å². The Kier molecular flexibility index (Phi) is 6.70. The average Bonchev–Trinajstić information content (AvgIpc) is 2.79. The second-order valence-corrected chi connectivity index (χ2v) is 6.35. The van der Waals surface area contributed by atoms with Crippen molar-refractivity contribution in [3.8, 4) is 17.2 Å². The zero-order chi connectivity index (χ0) is 21.5. The highest BCUT2D eigenvalue weighted by molar-refractivity contribution is 6.09. The molecule has 0 saturated carbocycles. The van der Waals surface area contributed by atoms with Gasteiger partial charge in [0.15, 0.2) is 18.1 Å². The Morgan fingerprint density at radius 3 is 2.20 bits per heavy atom. The van der Waals surface area contributed by atoms with Crippen LogP contribution >= 0.6 is 0 Å². The van der Waals surface area contributed by atoms with Crippen LogP contribution in [0.2, 0.25) is 0 Å². The molecule has 0 heterocycles. The van der Waals surface area contributed by atoms with Gasteiger partial charge in [-0.1, -0.05) is 42.5 Å². The molecule has 0 aliphatic heterocycles. The maximum absolute atomic E-state index is 12.5. The predicted octanol–water partition coefficient (Wildman–Crippen LogP) is 4.30. The van der Waals surface area contributed by atoms with Crippen LogP contribution in [0, 0.1) is 0 Å². The van der Waals surface area contributed by atoms with Crippen LogP contribution in [0.1, 0.15) is 15.9 Å². The SMILES string of the molecule is COc1cc(/C=C/C(=O)OCC(=O)c2cccc3ccccc23)cc(OC)c1OC. The van der Waals surface area contributed by atoms with Crippen LogP contribution in [0.15, 0.2) is 60.7 Å². The van der Waals surface area contributed by atoms with E-state index in [9.17, 15) is 9.59 Å². The maximum Gasteiger partial charge on any atom is 0.331 e. The number of hydrogen-bond donors (Lipinski definition) is 0. The van der Waals surface area contributed by atoms with Crippen LogP contribution in [0.25, 0.3) is 16.8 Å². The van der Waals surface area contributed by atoms with E-state index in [1.54, 1.807) is 24.3 Å². The summed E-state index contributed by atoms with van der Waals surface area (Å²) in [6.07, 6.45) is 2.80.